The number of rotatable bonds is 6. The predicted octanol–water partition coefficient (Wildman–Crippen LogP) is 3.12. The fraction of sp³-hybridized carbons (Fsp3) is 0.500. The number of carbonyl (C=O) groups is 2. The molecule has 3 nitrogen and oxygen atoms in total. The van der Waals surface area contributed by atoms with Crippen molar-refractivity contribution in [3.05, 3.63) is 35.4 Å². The zero-order valence-corrected chi connectivity index (χ0v) is 12.1. The Morgan fingerprint density at radius 3 is 2.16 bits per heavy atom. The van der Waals surface area contributed by atoms with Gasteiger partial charge in [0.05, 0.1) is 6.61 Å². The van der Waals surface area contributed by atoms with E-state index in [2.05, 4.69) is 13.8 Å². The first-order chi connectivity index (χ1) is 8.95. The van der Waals surface area contributed by atoms with Crippen molar-refractivity contribution in [3.8, 4) is 0 Å². The van der Waals surface area contributed by atoms with E-state index in [1.807, 2.05) is 24.3 Å². The van der Waals surface area contributed by atoms with Gasteiger partial charge in [-0.3, -0.25) is 9.59 Å². The number of hydrogen-bond donors (Lipinski definition) is 0. The molecule has 0 unspecified atom stereocenters. The summed E-state index contributed by atoms with van der Waals surface area (Å²) in [5.74, 6) is -0.790. The third kappa shape index (κ3) is 4.51. The molecule has 0 aliphatic rings. The van der Waals surface area contributed by atoms with Crippen LogP contribution in [0.3, 0.4) is 0 Å². The van der Waals surface area contributed by atoms with Gasteiger partial charge in [0, 0.05) is 0 Å². The molecule has 0 saturated carbocycles. The Bertz CT molecular complexity index is 432. The van der Waals surface area contributed by atoms with Crippen molar-refractivity contribution in [2.75, 3.05) is 6.61 Å². The van der Waals surface area contributed by atoms with Gasteiger partial charge in [0.1, 0.15) is 11.7 Å². The van der Waals surface area contributed by atoms with Crippen LogP contribution in [0.25, 0.3) is 0 Å². The average Bonchev–Trinajstić information content (AvgIpc) is 2.36. The van der Waals surface area contributed by atoms with Gasteiger partial charge in [-0.1, -0.05) is 38.1 Å². The van der Waals surface area contributed by atoms with Crippen LogP contribution in [-0.2, 0) is 20.7 Å². The predicted molar refractivity (Wildman–Crippen MR) is 75.0 cm³/mol. The van der Waals surface area contributed by atoms with Crippen molar-refractivity contribution in [2.24, 2.45) is 5.92 Å². The fourth-order valence-corrected chi connectivity index (χ4v) is 1.91. The molecule has 0 aliphatic heterocycles. The maximum Gasteiger partial charge on any atom is 0.316 e. The zero-order chi connectivity index (χ0) is 14.4. The van der Waals surface area contributed by atoms with E-state index < -0.39 is 11.9 Å². The summed E-state index contributed by atoms with van der Waals surface area (Å²) in [6.07, 6.45) is 0.409. The molecule has 0 fully saturated rings. The van der Waals surface area contributed by atoms with Crippen molar-refractivity contribution in [1.29, 1.82) is 0 Å². The van der Waals surface area contributed by atoms with Crippen LogP contribution in [0.5, 0.6) is 0 Å². The molecule has 1 aromatic rings. The molecule has 0 aromatic heterocycles. The second-order valence-corrected chi connectivity index (χ2v) is 5.02. The minimum atomic E-state index is -0.690. The summed E-state index contributed by atoms with van der Waals surface area (Å²) >= 11 is 0. The molecule has 104 valence electrons. The molecule has 19 heavy (non-hydrogen) atoms. The Labute approximate surface area is 115 Å². The molecule has 0 spiro atoms. The minimum Gasteiger partial charge on any atom is -0.465 e. The molecule has 3 heteroatoms. The summed E-state index contributed by atoms with van der Waals surface area (Å²) in [5.41, 5.74) is 2.23. The molecule has 0 heterocycles. The third-order valence-corrected chi connectivity index (χ3v) is 3.15. The summed E-state index contributed by atoms with van der Waals surface area (Å²) in [4.78, 5) is 23.3. The lowest BCUT2D eigenvalue weighted by atomic mass is 9.94. The maximum absolute atomic E-state index is 11.7. The van der Waals surface area contributed by atoms with Gasteiger partial charge in [-0.05, 0) is 37.3 Å². The van der Waals surface area contributed by atoms with Crippen molar-refractivity contribution in [1.82, 2.24) is 0 Å². The van der Waals surface area contributed by atoms with E-state index in [0.717, 1.165) is 5.56 Å². The first-order valence-corrected chi connectivity index (χ1v) is 6.71. The molecule has 0 N–H and O–H groups in total. The number of esters is 1. The van der Waals surface area contributed by atoms with Gasteiger partial charge in [0.25, 0.3) is 0 Å². The van der Waals surface area contributed by atoms with Gasteiger partial charge in [-0.2, -0.15) is 0 Å². The molecular formula is C16H22O3. The van der Waals surface area contributed by atoms with E-state index in [1.54, 1.807) is 6.92 Å². The lowest BCUT2D eigenvalue weighted by Crippen LogP contribution is -2.26. The van der Waals surface area contributed by atoms with Gasteiger partial charge < -0.3 is 4.74 Å². The highest BCUT2D eigenvalue weighted by Crippen LogP contribution is 2.17. The monoisotopic (exact) mass is 262 g/mol. The molecule has 0 radical (unpaired) electrons. The molecule has 0 bridgehead atoms. The number of benzene rings is 1. The Balaban J connectivity index is 2.79. The van der Waals surface area contributed by atoms with Crippen molar-refractivity contribution in [2.45, 2.75) is 40.0 Å². The SMILES string of the molecule is CCOC(=O)[C@@H](Cc1ccc(C(C)C)cc1)C(C)=O. The molecule has 1 rings (SSSR count). The van der Waals surface area contributed by atoms with E-state index in [4.69, 9.17) is 4.74 Å². The highest BCUT2D eigenvalue weighted by molar-refractivity contribution is 5.97. The van der Waals surface area contributed by atoms with E-state index in [0.29, 0.717) is 18.9 Å². The largest absolute Gasteiger partial charge is 0.465 e. The van der Waals surface area contributed by atoms with Crippen molar-refractivity contribution in [3.63, 3.8) is 0 Å². The fourth-order valence-electron chi connectivity index (χ4n) is 1.91. The van der Waals surface area contributed by atoms with Gasteiger partial charge >= 0.3 is 5.97 Å². The summed E-state index contributed by atoms with van der Waals surface area (Å²) in [6, 6.07) is 8.04. The van der Waals surface area contributed by atoms with Crippen LogP contribution in [0, 0.1) is 5.92 Å². The average molecular weight is 262 g/mol. The van der Waals surface area contributed by atoms with Crippen LogP contribution in [0.15, 0.2) is 24.3 Å². The van der Waals surface area contributed by atoms with Crippen LogP contribution in [-0.4, -0.2) is 18.4 Å². The topological polar surface area (TPSA) is 43.4 Å². The summed E-state index contributed by atoms with van der Waals surface area (Å²) < 4.78 is 4.94. The van der Waals surface area contributed by atoms with Crippen LogP contribution in [0.4, 0.5) is 0 Å². The van der Waals surface area contributed by atoms with Crippen LogP contribution < -0.4 is 0 Å². The molecule has 0 aliphatic carbocycles. The Hall–Kier alpha value is -1.64. The number of ketones is 1. The van der Waals surface area contributed by atoms with Gasteiger partial charge in [-0.25, -0.2) is 0 Å². The van der Waals surface area contributed by atoms with E-state index >= 15 is 0 Å². The molecule has 0 saturated heterocycles. The van der Waals surface area contributed by atoms with Crippen molar-refractivity contribution < 1.29 is 14.3 Å². The third-order valence-electron chi connectivity index (χ3n) is 3.15. The number of Topliss-reactive ketones (excluding diaryl/α,β-unsaturated/α-hetero) is 1. The van der Waals surface area contributed by atoms with Crippen molar-refractivity contribution >= 4 is 11.8 Å². The van der Waals surface area contributed by atoms with Gasteiger partial charge in [0.15, 0.2) is 0 Å². The zero-order valence-electron chi connectivity index (χ0n) is 12.1. The Kier molecular flexibility index (Phi) is 5.74. The smallest absolute Gasteiger partial charge is 0.316 e. The second-order valence-electron chi connectivity index (χ2n) is 5.02. The maximum atomic E-state index is 11.7. The quantitative estimate of drug-likeness (QED) is 0.584. The van der Waals surface area contributed by atoms with Gasteiger partial charge in [-0.15, -0.1) is 0 Å². The van der Waals surface area contributed by atoms with Crippen LogP contribution in [0.2, 0.25) is 0 Å². The molecular weight excluding hydrogens is 240 g/mol. The Morgan fingerprint density at radius 2 is 1.74 bits per heavy atom. The first-order valence-electron chi connectivity index (χ1n) is 6.71. The van der Waals surface area contributed by atoms with E-state index in [-0.39, 0.29) is 5.78 Å². The highest BCUT2D eigenvalue weighted by atomic mass is 16.5. The van der Waals surface area contributed by atoms with E-state index in [9.17, 15) is 9.59 Å². The summed E-state index contributed by atoms with van der Waals surface area (Å²) in [6.45, 7) is 7.74. The Morgan fingerprint density at radius 1 is 1.16 bits per heavy atom. The molecule has 1 atom stereocenters. The number of carbonyl (C=O) groups excluding carboxylic acids is 2. The normalized spacial score (nSPS) is 12.3. The van der Waals surface area contributed by atoms with Gasteiger partial charge in [0.2, 0.25) is 0 Å². The standard InChI is InChI=1S/C16H22O3/c1-5-19-16(18)15(12(4)17)10-13-6-8-14(9-7-13)11(2)3/h6-9,11,15H,5,10H2,1-4H3/t15-/m0/s1. The minimum absolute atomic E-state index is 0.147. The summed E-state index contributed by atoms with van der Waals surface area (Å²) in [5, 5.41) is 0. The number of ether oxygens (including phenoxy) is 1. The second kappa shape index (κ2) is 7.07. The highest BCUT2D eigenvalue weighted by Gasteiger charge is 2.24. The van der Waals surface area contributed by atoms with E-state index in [1.165, 1.54) is 12.5 Å². The lowest BCUT2D eigenvalue weighted by molar-refractivity contribution is -0.151. The van der Waals surface area contributed by atoms with Crippen LogP contribution >= 0.6 is 0 Å². The first kappa shape index (κ1) is 15.4. The molecule has 0 amide bonds. The number of hydrogen-bond acceptors (Lipinski definition) is 3. The molecule has 1 aromatic carbocycles. The summed E-state index contributed by atoms with van der Waals surface area (Å²) in [7, 11) is 0. The van der Waals surface area contributed by atoms with Crippen LogP contribution in [0.1, 0.15) is 44.7 Å². The lowest BCUT2D eigenvalue weighted by Gasteiger charge is -2.13.